The van der Waals surface area contributed by atoms with Gasteiger partial charge in [-0.3, -0.25) is 9.59 Å². The highest BCUT2D eigenvalue weighted by Crippen LogP contribution is 2.26. The van der Waals surface area contributed by atoms with Crippen molar-refractivity contribution in [1.29, 1.82) is 0 Å². The van der Waals surface area contributed by atoms with Crippen LogP contribution in [0.2, 0.25) is 5.02 Å². The molecular formula is C14H17ClN2O2. The van der Waals surface area contributed by atoms with Crippen molar-refractivity contribution in [3.63, 3.8) is 0 Å². The van der Waals surface area contributed by atoms with Crippen molar-refractivity contribution in [2.24, 2.45) is 0 Å². The van der Waals surface area contributed by atoms with Crippen LogP contribution in [0.3, 0.4) is 0 Å². The fourth-order valence-corrected chi connectivity index (χ4v) is 2.69. The Balaban J connectivity index is 2.28. The smallest absolute Gasteiger partial charge is 0.249 e. The summed E-state index contributed by atoms with van der Waals surface area (Å²) in [6, 6.07) is 5.05. The Labute approximate surface area is 117 Å². The summed E-state index contributed by atoms with van der Waals surface area (Å²) >= 11 is 5.93. The summed E-state index contributed by atoms with van der Waals surface area (Å²) in [4.78, 5) is 27.2. The van der Waals surface area contributed by atoms with E-state index in [1.165, 1.54) is 6.92 Å². The quantitative estimate of drug-likeness (QED) is 0.791. The topological polar surface area (TPSA) is 40.6 Å². The van der Waals surface area contributed by atoms with Gasteiger partial charge in [0.15, 0.2) is 0 Å². The number of carbonyl (C=O) groups is 2. The van der Waals surface area contributed by atoms with Crippen LogP contribution < -0.4 is 4.90 Å². The third-order valence-electron chi connectivity index (χ3n) is 3.51. The number of carbonyl (C=O) groups excluding carboxylic acids is 2. The minimum atomic E-state index is -0.415. The number of hydrogen-bond donors (Lipinski definition) is 0. The summed E-state index contributed by atoms with van der Waals surface area (Å²) in [5.41, 5.74) is 1.83. The Morgan fingerprint density at radius 3 is 2.63 bits per heavy atom. The van der Waals surface area contributed by atoms with Crippen LogP contribution in [-0.4, -0.2) is 35.8 Å². The molecule has 1 aromatic carbocycles. The second-order valence-electron chi connectivity index (χ2n) is 4.81. The lowest BCUT2D eigenvalue weighted by Crippen LogP contribution is -2.57. The van der Waals surface area contributed by atoms with E-state index in [0.29, 0.717) is 18.1 Å². The Hall–Kier alpha value is -1.55. The lowest BCUT2D eigenvalue weighted by atomic mass is 10.1. The number of aryl methyl sites for hydroxylation is 1. The lowest BCUT2D eigenvalue weighted by molar-refractivity contribution is -0.139. The van der Waals surface area contributed by atoms with Crippen LogP contribution in [-0.2, 0) is 9.59 Å². The number of rotatable bonds is 1. The third kappa shape index (κ3) is 2.59. The molecule has 0 aliphatic carbocycles. The molecule has 102 valence electrons. The van der Waals surface area contributed by atoms with Crippen molar-refractivity contribution in [1.82, 2.24) is 4.90 Å². The molecule has 1 aromatic rings. The number of halogens is 1. The van der Waals surface area contributed by atoms with Gasteiger partial charge in [0.05, 0.1) is 0 Å². The molecule has 0 saturated carbocycles. The van der Waals surface area contributed by atoms with E-state index >= 15 is 0 Å². The highest BCUT2D eigenvalue weighted by atomic mass is 35.5. The average Bonchev–Trinajstić information content (AvgIpc) is 2.33. The molecule has 1 atom stereocenters. The van der Waals surface area contributed by atoms with Gasteiger partial charge in [-0.25, -0.2) is 0 Å². The molecule has 1 unspecified atom stereocenters. The van der Waals surface area contributed by atoms with Gasteiger partial charge in [0.25, 0.3) is 0 Å². The average molecular weight is 281 g/mol. The minimum absolute atomic E-state index is 0.0492. The Morgan fingerprint density at radius 2 is 2.05 bits per heavy atom. The summed E-state index contributed by atoms with van der Waals surface area (Å²) in [7, 11) is 0. The van der Waals surface area contributed by atoms with Gasteiger partial charge in [-0.2, -0.15) is 0 Å². The summed E-state index contributed by atoms with van der Waals surface area (Å²) in [5, 5.41) is 0.657. The summed E-state index contributed by atoms with van der Waals surface area (Å²) < 4.78 is 0. The van der Waals surface area contributed by atoms with Gasteiger partial charge < -0.3 is 9.80 Å². The Bertz CT molecular complexity index is 530. The van der Waals surface area contributed by atoms with Gasteiger partial charge in [0.1, 0.15) is 6.04 Å². The number of benzene rings is 1. The van der Waals surface area contributed by atoms with Crippen molar-refractivity contribution in [2.75, 3.05) is 18.0 Å². The zero-order valence-corrected chi connectivity index (χ0v) is 12.1. The maximum absolute atomic E-state index is 12.4. The molecule has 2 rings (SSSR count). The van der Waals surface area contributed by atoms with Crippen molar-refractivity contribution < 1.29 is 9.59 Å². The van der Waals surface area contributed by atoms with Crippen LogP contribution in [0.4, 0.5) is 5.69 Å². The first kappa shape index (κ1) is 13.9. The maximum Gasteiger partial charge on any atom is 0.249 e. The predicted octanol–water partition coefficient (Wildman–Crippen LogP) is 2.23. The summed E-state index contributed by atoms with van der Waals surface area (Å²) in [6.45, 7) is 6.26. The van der Waals surface area contributed by atoms with Gasteiger partial charge in [0.2, 0.25) is 11.8 Å². The standard InChI is InChI=1S/C14H17ClN2O2/c1-9-8-12(15)4-5-13(9)17-7-6-16(11(3)18)10(2)14(17)19/h4-5,8,10H,6-7H2,1-3H3. The van der Waals surface area contributed by atoms with E-state index in [9.17, 15) is 9.59 Å². The maximum atomic E-state index is 12.4. The van der Waals surface area contributed by atoms with Crippen LogP contribution in [0.5, 0.6) is 0 Å². The van der Waals surface area contributed by atoms with E-state index in [2.05, 4.69) is 0 Å². The fraction of sp³-hybridized carbons (Fsp3) is 0.429. The fourth-order valence-electron chi connectivity index (χ4n) is 2.46. The highest BCUT2D eigenvalue weighted by molar-refractivity contribution is 6.30. The monoisotopic (exact) mass is 280 g/mol. The molecule has 4 nitrogen and oxygen atoms in total. The molecular weight excluding hydrogens is 264 g/mol. The molecule has 1 aliphatic heterocycles. The van der Waals surface area contributed by atoms with Crippen molar-refractivity contribution in [2.45, 2.75) is 26.8 Å². The van der Waals surface area contributed by atoms with Gasteiger partial charge in [-0.1, -0.05) is 11.6 Å². The van der Waals surface area contributed by atoms with Crippen LogP contribution in [0.15, 0.2) is 18.2 Å². The molecule has 1 aliphatic rings. The number of piperazine rings is 1. The van der Waals surface area contributed by atoms with Gasteiger partial charge in [-0.15, -0.1) is 0 Å². The Kier molecular flexibility index (Phi) is 3.80. The molecule has 2 amide bonds. The molecule has 0 spiro atoms. The van der Waals surface area contributed by atoms with Gasteiger partial charge in [0, 0.05) is 30.7 Å². The number of hydrogen-bond acceptors (Lipinski definition) is 2. The number of nitrogens with zero attached hydrogens (tertiary/aromatic N) is 2. The molecule has 5 heteroatoms. The van der Waals surface area contributed by atoms with Gasteiger partial charge >= 0.3 is 0 Å². The van der Waals surface area contributed by atoms with Crippen molar-refractivity contribution in [3.8, 4) is 0 Å². The Morgan fingerprint density at radius 1 is 1.37 bits per heavy atom. The van der Waals surface area contributed by atoms with Gasteiger partial charge in [-0.05, 0) is 37.6 Å². The lowest BCUT2D eigenvalue weighted by Gasteiger charge is -2.39. The first-order valence-electron chi connectivity index (χ1n) is 6.26. The van der Waals surface area contributed by atoms with Crippen LogP contribution in [0, 0.1) is 6.92 Å². The second-order valence-corrected chi connectivity index (χ2v) is 5.25. The van der Waals surface area contributed by atoms with E-state index in [1.807, 2.05) is 19.1 Å². The minimum Gasteiger partial charge on any atom is -0.329 e. The summed E-state index contributed by atoms with van der Waals surface area (Å²) in [6.07, 6.45) is 0. The first-order valence-corrected chi connectivity index (χ1v) is 6.64. The normalized spacial score (nSPS) is 19.8. The largest absolute Gasteiger partial charge is 0.329 e. The van der Waals surface area contributed by atoms with E-state index in [0.717, 1.165) is 11.3 Å². The molecule has 0 bridgehead atoms. The highest BCUT2D eigenvalue weighted by Gasteiger charge is 2.33. The first-order chi connectivity index (χ1) is 8.91. The molecule has 19 heavy (non-hydrogen) atoms. The van der Waals surface area contributed by atoms with E-state index in [1.54, 1.807) is 22.8 Å². The number of amides is 2. The van der Waals surface area contributed by atoms with E-state index in [-0.39, 0.29) is 11.8 Å². The molecule has 0 radical (unpaired) electrons. The van der Waals surface area contributed by atoms with Crippen LogP contribution >= 0.6 is 11.6 Å². The molecule has 0 aromatic heterocycles. The zero-order chi connectivity index (χ0) is 14.2. The molecule has 1 heterocycles. The van der Waals surface area contributed by atoms with Crippen molar-refractivity contribution in [3.05, 3.63) is 28.8 Å². The van der Waals surface area contributed by atoms with Crippen LogP contribution in [0.1, 0.15) is 19.4 Å². The number of anilines is 1. The van der Waals surface area contributed by atoms with Crippen LogP contribution in [0.25, 0.3) is 0 Å². The third-order valence-corrected chi connectivity index (χ3v) is 3.74. The second kappa shape index (κ2) is 5.21. The van der Waals surface area contributed by atoms with Crippen molar-refractivity contribution >= 4 is 29.1 Å². The summed E-state index contributed by atoms with van der Waals surface area (Å²) in [5.74, 6) is -0.111. The predicted molar refractivity (Wildman–Crippen MR) is 75.4 cm³/mol. The molecule has 1 fully saturated rings. The molecule has 0 N–H and O–H groups in total. The molecule has 1 saturated heterocycles. The SMILES string of the molecule is CC(=O)N1CCN(c2ccc(Cl)cc2C)C(=O)C1C. The van der Waals surface area contributed by atoms with E-state index in [4.69, 9.17) is 11.6 Å². The zero-order valence-electron chi connectivity index (χ0n) is 11.3. The van der Waals surface area contributed by atoms with E-state index < -0.39 is 6.04 Å².